The number of benzene rings is 1. The number of nitrogens with one attached hydrogen (secondary N) is 1. The number of ether oxygens (including phenoxy) is 1. The zero-order valence-electron chi connectivity index (χ0n) is 11.0. The number of pyridine rings is 1. The lowest BCUT2D eigenvalue weighted by molar-refractivity contribution is 0.0692. The molecule has 8 heteroatoms. The second-order valence-electron chi connectivity index (χ2n) is 3.99. The van der Waals surface area contributed by atoms with Crippen molar-refractivity contribution < 1.29 is 23.1 Å². The third kappa shape index (κ3) is 3.29. The minimum Gasteiger partial charge on any atom is -0.497 e. The molecule has 0 unspecified atom stereocenters. The molecule has 0 aliphatic carbocycles. The van der Waals surface area contributed by atoms with Crippen LogP contribution in [0.15, 0.2) is 47.5 Å². The molecule has 110 valence electrons. The summed E-state index contributed by atoms with van der Waals surface area (Å²) < 4.78 is 31.6. The first-order valence-corrected chi connectivity index (χ1v) is 7.27. The molecule has 0 radical (unpaired) electrons. The van der Waals surface area contributed by atoms with Crippen molar-refractivity contribution in [3.63, 3.8) is 0 Å². The van der Waals surface area contributed by atoms with E-state index in [0.717, 1.165) is 0 Å². The van der Waals surface area contributed by atoms with Crippen LogP contribution in [0.25, 0.3) is 0 Å². The van der Waals surface area contributed by atoms with Crippen molar-refractivity contribution in [2.24, 2.45) is 0 Å². The van der Waals surface area contributed by atoms with Gasteiger partial charge >= 0.3 is 5.97 Å². The number of aromatic nitrogens is 1. The number of carbonyl (C=O) groups is 1. The highest BCUT2D eigenvalue weighted by molar-refractivity contribution is 7.92. The topological polar surface area (TPSA) is 106 Å². The third-order valence-corrected chi connectivity index (χ3v) is 4.01. The summed E-state index contributed by atoms with van der Waals surface area (Å²) in [6, 6.07) is 8.48. The molecule has 0 aliphatic rings. The Balaban J connectivity index is 2.35. The molecule has 1 heterocycles. The predicted molar refractivity (Wildman–Crippen MR) is 75.0 cm³/mol. The van der Waals surface area contributed by atoms with Crippen LogP contribution >= 0.6 is 0 Å². The van der Waals surface area contributed by atoms with Gasteiger partial charge in [0.1, 0.15) is 5.75 Å². The lowest BCUT2D eigenvalue weighted by Crippen LogP contribution is -2.16. The number of rotatable bonds is 5. The summed E-state index contributed by atoms with van der Waals surface area (Å²) in [5, 5.41) is 8.99. The van der Waals surface area contributed by atoms with Crippen LogP contribution in [-0.4, -0.2) is 31.6 Å². The van der Waals surface area contributed by atoms with Gasteiger partial charge in [-0.2, -0.15) is 0 Å². The highest BCUT2D eigenvalue weighted by Crippen LogP contribution is 2.20. The Kier molecular flexibility index (Phi) is 4.08. The lowest BCUT2D eigenvalue weighted by Gasteiger charge is -2.10. The molecule has 0 saturated heterocycles. The van der Waals surface area contributed by atoms with Crippen LogP contribution < -0.4 is 9.46 Å². The Hall–Kier alpha value is -2.61. The summed E-state index contributed by atoms with van der Waals surface area (Å²) in [6.07, 6.45) is 1.27. The van der Waals surface area contributed by atoms with Gasteiger partial charge in [0.25, 0.3) is 10.0 Å². The third-order valence-electron chi connectivity index (χ3n) is 2.62. The number of sulfonamides is 1. The Morgan fingerprint density at radius 3 is 2.48 bits per heavy atom. The van der Waals surface area contributed by atoms with Crippen molar-refractivity contribution in [3.8, 4) is 5.75 Å². The van der Waals surface area contributed by atoms with E-state index in [-0.39, 0.29) is 16.3 Å². The molecular formula is C13H12N2O5S. The molecule has 2 aromatic rings. The number of aromatic carboxylic acids is 1. The number of methoxy groups -OCH3 is 1. The van der Waals surface area contributed by atoms with Gasteiger partial charge < -0.3 is 9.84 Å². The van der Waals surface area contributed by atoms with E-state index in [1.807, 2.05) is 0 Å². The molecule has 0 bridgehead atoms. The highest BCUT2D eigenvalue weighted by atomic mass is 32.2. The molecule has 0 atom stereocenters. The summed E-state index contributed by atoms with van der Waals surface area (Å²) in [7, 11) is -2.43. The van der Waals surface area contributed by atoms with E-state index in [1.54, 1.807) is 0 Å². The summed E-state index contributed by atoms with van der Waals surface area (Å²) >= 11 is 0. The average Bonchev–Trinajstić information content (AvgIpc) is 2.47. The SMILES string of the molecule is COc1ccc(S(=O)(=O)Nc2cccnc2C(=O)O)cc1. The van der Waals surface area contributed by atoms with Gasteiger partial charge in [0.15, 0.2) is 5.69 Å². The van der Waals surface area contributed by atoms with Gasteiger partial charge in [-0.05, 0) is 36.4 Å². The normalized spacial score (nSPS) is 10.9. The predicted octanol–water partition coefficient (Wildman–Crippen LogP) is 1.59. The first-order valence-electron chi connectivity index (χ1n) is 5.79. The average molecular weight is 308 g/mol. The molecule has 7 nitrogen and oxygen atoms in total. The number of carboxylic acid groups (broad SMARTS) is 1. The minimum atomic E-state index is -3.90. The summed E-state index contributed by atoms with van der Waals surface area (Å²) in [4.78, 5) is 14.6. The summed E-state index contributed by atoms with van der Waals surface area (Å²) in [5.74, 6) is -0.801. The van der Waals surface area contributed by atoms with Gasteiger partial charge in [-0.15, -0.1) is 0 Å². The Labute approximate surface area is 121 Å². The van der Waals surface area contributed by atoms with Gasteiger partial charge in [-0.1, -0.05) is 0 Å². The molecule has 0 spiro atoms. The van der Waals surface area contributed by atoms with Gasteiger partial charge in [0.05, 0.1) is 17.7 Å². The van der Waals surface area contributed by atoms with E-state index < -0.39 is 16.0 Å². The number of carboxylic acids is 1. The van der Waals surface area contributed by atoms with Gasteiger partial charge in [-0.3, -0.25) is 4.72 Å². The van der Waals surface area contributed by atoms with Gasteiger partial charge in [0, 0.05) is 6.20 Å². The first-order chi connectivity index (χ1) is 9.94. The van der Waals surface area contributed by atoms with Crippen LogP contribution in [0.5, 0.6) is 5.75 Å². The molecule has 0 aliphatic heterocycles. The number of hydrogen-bond donors (Lipinski definition) is 2. The fourth-order valence-corrected chi connectivity index (χ4v) is 2.68. The fraction of sp³-hybridized carbons (Fsp3) is 0.0769. The number of nitrogens with zero attached hydrogens (tertiary/aromatic N) is 1. The molecule has 2 N–H and O–H groups in total. The molecule has 0 fully saturated rings. The largest absolute Gasteiger partial charge is 0.497 e. The van der Waals surface area contributed by atoms with Crippen molar-refractivity contribution in [3.05, 3.63) is 48.3 Å². The Morgan fingerprint density at radius 1 is 1.24 bits per heavy atom. The van der Waals surface area contributed by atoms with Crippen LogP contribution in [0, 0.1) is 0 Å². The van der Waals surface area contributed by atoms with Gasteiger partial charge in [-0.25, -0.2) is 18.2 Å². The van der Waals surface area contributed by atoms with Crippen molar-refractivity contribution in [1.82, 2.24) is 4.98 Å². The summed E-state index contributed by atoms with van der Waals surface area (Å²) in [6.45, 7) is 0. The zero-order valence-corrected chi connectivity index (χ0v) is 11.8. The molecule has 1 aromatic carbocycles. The molecule has 1 aromatic heterocycles. The maximum Gasteiger partial charge on any atom is 0.356 e. The standard InChI is InChI=1S/C13H12N2O5S/c1-20-9-4-6-10(7-5-9)21(18,19)15-11-3-2-8-14-12(11)13(16)17/h2-8,15H,1H3,(H,16,17). The summed E-state index contributed by atoms with van der Waals surface area (Å²) in [5.41, 5.74) is -0.463. The molecular weight excluding hydrogens is 296 g/mol. The quantitative estimate of drug-likeness (QED) is 0.869. The first kappa shape index (κ1) is 14.8. The zero-order chi connectivity index (χ0) is 15.5. The van der Waals surface area contributed by atoms with Crippen LogP contribution in [-0.2, 0) is 10.0 Å². The number of anilines is 1. The molecule has 2 rings (SSSR count). The molecule has 0 amide bonds. The van der Waals surface area contributed by atoms with Crippen molar-refractivity contribution in [2.75, 3.05) is 11.8 Å². The monoisotopic (exact) mass is 308 g/mol. The van der Waals surface area contributed by atoms with E-state index in [1.165, 1.54) is 49.7 Å². The van der Waals surface area contributed by atoms with E-state index in [9.17, 15) is 13.2 Å². The lowest BCUT2D eigenvalue weighted by atomic mass is 10.3. The smallest absolute Gasteiger partial charge is 0.356 e. The second kappa shape index (κ2) is 5.80. The van der Waals surface area contributed by atoms with E-state index in [0.29, 0.717) is 5.75 Å². The van der Waals surface area contributed by atoms with Crippen LogP contribution in [0.1, 0.15) is 10.5 Å². The van der Waals surface area contributed by atoms with Crippen LogP contribution in [0.2, 0.25) is 0 Å². The maximum absolute atomic E-state index is 12.2. The highest BCUT2D eigenvalue weighted by Gasteiger charge is 2.19. The molecule has 0 saturated carbocycles. The van der Waals surface area contributed by atoms with Crippen LogP contribution in [0.4, 0.5) is 5.69 Å². The minimum absolute atomic E-state index is 0.0107. The van der Waals surface area contributed by atoms with Crippen LogP contribution in [0.3, 0.4) is 0 Å². The van der Waals surface area contributed by atoms with E-state index in [2.05, 4.69) is 9.71 Å². The van der Waals surface area contributed by atoms with Crippen molar-refractivity contribution in [2.45, 2.75) is 4.90 Å². The number of hydrogen-bond acceptors (Lipinski definition) is 5. The Morgan fingerprint density at radius 2 is 1.90 bits per heavy atom. The van der Waals surface area contributed by atoms with E-state index >= 15 is 0 Å². The Bertz CT molecular complexity index is 756. The van der Waals surface area contributed by atoms with E-state index in [4.69, 9.17) is 9.84 Å². The second-order valence-corrected chi connectivity index (χ2v) is 5.67. The molecule has 21 heavy (non-hydrogen) atoms. The maximum atomic E-state index is 12.2. The van der Waals surface area contributed by atoms with Crippen molar-refractivity contribution in [1.29, 1.82) is 0 Å². The van der Waals surface area contributed by atoms with Crippen molar-refractivity contribution >= 4 is 21.7 Å². The van der Waals surface area contributed by atoms with Gasteiger partial charge in [0.2, 0.25) is 0 Å². The fourth-order valence-electron chi connectivity index (χ4n) is 1.62.